The van der Waals surface area contributed by atoms with Gasteiger partial charge in [-0.3, -0.25) is 0 Å². The van der Waals surface area contributed by atoms with Crippen LogP contribution in [0.15, 0.2) is 30.3 Å². The molecule has 0 aliphatic rings. The van der Waals surface area contributed by atoms with Crippen LogP contribution < -0.4 is 0 Å². The number of esters is 1. The van der Waals surface area contributed by atoms with Crippen LogP contribution in [-0.2, 0) is 9.53 Å². The van der Waals surface area contributed by atoms with E-state index in [0.717, 1.165) is 0 Å². The third-order valence-corrected chi connectivity index (χ3v) is 1.93. The molecule has 4 heteroatoms. The van der Waals surface area contributed by atoms with E-state index < -0.39 is 18.2 Å². The number of alkyl halides is 1. The normalized spacial score (nSPS) is 14.3. The number of halogens is 1. The van der Waals surface area contributed by atoms with Gasteiger partial charge in [0.25, 0.3) is 0 Å². The summed E-state index contributed by atoms with van der Waals surface area (Å²) in [5, 5.41) is 9.51. The Balaban J connectivity index is 2.68. The molecule has 2 atom stereocenters. The molecule has 1 aromatic carbocycles. The fourth-order valence-electron chi connectivity index (χ4n) is 1.17. The van der Waals surface area contributed by atoms with Crippen LogP contribution >= 0.6 is 0 Å². The van der Waals surface area contributed by atoms with Crippen LogP contribution in [0.2, 0.25) is 0 Å². The molecular formula is C11H13FO3. The Morgan fingerprint density at radius 3 is 2.60 bits per heavy atom. The Morgan fingerprint density at radius 2 is 2.07 bits per heavy atom. The predicted molar refractivity (Wildman–Crippen MR) is 52.9 cm³/mol. The molecule has 0 fully saturated rings. The van der Waals surface area contributed by atoms with Crippen LogP contribution in [0, 0.1) is 0 Å². The Kier molecular flexibility index (Phi) is 4.24. The van der Waals surface area contributed by atoms with Crippen molar-refractivity contribution >= 4 is 5.97 Å². The fraction of sp³-hybridized carbons (Fsp3) is 0.364. The maximum atomic E-state index is 13.3. The lowest BCUT2D eigenvalue weighted by molar-refractivity contribution is -0.153. The molecule has 0 spiro atoms. The summed E-state index contributed by atoms with van der Waals surface area (Å²) in [4.78, 5) is 11.0. The van der Waals surface area contributed by atoms with Crippen LogP contribution in [0.4, 0.5) is 4.39 Å². The van der Waals surface area contributed by atoms with E-state index in [4.69, 9.17) is 0 Å². The fourth-order valence-corrected chi connectivity index (χ4v) is 1.17. The van der Waals surface area contributed by atoms with Gasteiger partial charge in [-0.25, -0.2) is 9.18 Å². The average Bonchev–Trinajstić information content (AvgIpc) is 2.28. The van der Waals surface area contributed by atoms with E-state index in [-0.39, 0.29) is 6.61 Å². The topological polar surface area (TPSA) is 46.5 Å². The number of carbonyl (C=O) groups is 1. The molecular weight excluding hydrogens is 199 g/mol. The number of aliphatic hydroxyl groups excluding tert-OH is 1. The second-order valence-electron chi connectivity index (χ2n) is 3.01. The maximum Gasteiger partial charge on any atom is 0.343 e. The number of ether oxygens (including phenoxy) is 1. The number of aliphatic hydroxyl groups is 1. The van der Waals surface area contributed by atoms with Gasteiger partial charge in [0.2, 0.25) is 6.17 Å². The molecule has 15 heavy (non-hydrogen) atoms. The van der Waals surface area contributed by atoms with Gasteiger partial charge in [-0.15, -0.1) is 0 Å². The van der Waals surface area contributed by atoms with Crippen LogP contribution in [-0.4, -0.2) is 23.9 Å². The van der Waals surface area contributed by atoms with E-state index in [1.165, 1.54) is 0 Å². The molecule has 0 saturated carbocycles. The first-order valence-corrected chi connectivity index (χ1v) is 4.70. The van der Waals surface area contributed by atoms with Gasteiger partial charge in [-0.2, -0.15) is 0 Å². The van der Waals surface area contributed by atoms with E-state index >= 15 is 0 Å². The van der Waals surface area contributed by atoms with E-state index in [1.807, 2.05) is 0 Å². The summed E-state index contributed by atoms with van der Waals surface area (Å²) in [6, 6.07) is 8.17. The quantitative estimate of drug-likeness (QED) is 0.771. The zero-order chi connectivity index (χ0) is 11.3. The molecule has 0 aromatic heterocycles. The summed E-state index contributed by atoms with van der Waals surface area (Å²) in [5.74, 6) is -1.03. The Morgan fingerprint density at radius 1 is 1.47 bits per heavy atom. The summed E-state index contributed by atoms with van der Waals surface area (Å²) >= 11 is 0. The van der Waals surface area contributed by atoms with Crippen LogP contribution in [0.3, 0.4) is 0 Å². The van der Waals surface area contributed by atoms with Gasteiger partial charge < -0.3 is 9.84 Å². The minimum absolute atomic E-state index is 0.0980. The van der Waals surface area contributed by atoms with Crippen molar-refractivity contribution in [1.82, 2.24) is 0 Å². The standard InChI is InChI=1S/C11H13FO3/c1-2-15-11(14)9(12)10(13)8-6-4-3-5-7-8/h3-7,9-10,13H,2H2,1H3/t9-,10+/m0/s1. The first-order chi connectivity index (χ1) is 7.16. The van der Waals surface area contributed by atoms with Crippen molar-refractivity contribution in [1.29, 1.82) is 0 Å². The summed E-state index contributed by atoms with van der Waals surface area (Å²) in [6.45, 7) is 1.68. The first-order valence-electron chi connectivity index (χ1n) is 4.70. The molecule has 3 nitrogen and oxygen atoms in total. The molecule has 0 saturated heterocycles. The highest BCUT2D eigenvalue weighted by Gasteiger charge is 2.28. The number of carbonyl (C=O) groups excluding carboxylic acids is 1. The number of benzene rings is 1. The highest BCUT2D eigenvalue weighted by Crippen LogP contribution is 2.19. The Hall–Kier alpha value is -1.42. The predicted octanol–water partition coefficient (Wildman–Crippen LogP) is 1.62. The van der Waals surface area contributed by atoms with Crippen LogP contribution in [0.5, 0.6) is 0 Å². The van der Waals surface area contributed by atoms with E-state index in [0.29, 0.717) is 5.56 Å². The van der Waals surface area contributed by atoms with Crippen LogP contribution in [0.25, 0.3) is 0 Å². The largest absolute Gasteiger partial charge is 0.464 e. The molecule has 82 valence electrons. The van der Waals surface area contributed by atoms with Crippen molar-refractivity contribution in [3.05, 3.63) is 35.9 Å². The maximum absolute atomic E-state index is 13.3. The summed E-state index contributed by atoms with van der Waals surface area (Å²) in [5.41, 5.74) is 0.359. The molecule has 0 aliphatic heterocycles. The van der Waals surface area contributed by atoms with Gasteiger partial charge in [-0.05, 0) is 12.5 Å². The number of rotatable bonds is 4. The lowest BCUT2D eigenvalue weighted by atomic mass is 10.1. The van der Waals surface area contributed by atoms with Gasteiger partial charge in [0.05, 0.1) is 6.61 Å². The lowest BCUT2D eigenvalue weighted by Gasteiger charge is -2.14. The first kappa shape index (κ1) is 11.7. The second kappa shape index (κ2) is 5.46. The average molecular weight is 212 g/mol. The van der Waals surface area contributed by atoms with Gasteiger partial charge in [0.15, 0.2) is 0 Å². The Labute approximate surface area is 87.5 Å². The third-order valence-electron chi connectivity index (χ3n) is 1.93. The summed E-state index contributed by atoms with van der Waals surface area (Å²) in [6.07, 6.45) is -3.50. The third kappa shape index (κ3) is 3.02. The summed E-state index contributed by atoms with van der Waals surface area (Å²) in [7, 11) is 0. The monoisotopic (exact) mass is 212 g/mol. The summed E-state index contributed by atoms with van der Waals surface area (Å²) < 4.78 is 17.8. The highest BCUT2D eigenvalue weighted by atomic mass is 19.1. The van der Waals surface area contributed by atoms with E-state index in [1.54, 1.807) is 37.3 Å². The van der Waals surface area contributed by atoms with E-state index in [2.05, 4.69) is 4.74 Å². The van der Waals surface area contributed by atoms with Crippen molar-refractivity contribution in [2.75, 3.05) is 6.61 Å². The zero-order valence-corrected chi connectivity index (χ0v) is 8.39. The van der Waals surface area contributed by atoms with Crippen molar-refractivity contribution in [3.63, 3.8) is 0 Å². The van der Waals surface area contributed by atoms with Crippen molar-refractivity contribution < 1.29 is 19.0 Å². The highest BCUT2D eigenvalue weighted by molar-refractivity contribution is 5.75. The zero-order valence-electron chi connectivity index (χ0n) is 8.39. The van der Waals surface area contributed by atoms with Gasteiger partial charge in [0.1, 0.15) is 6.10 Å². The second-order valence-corrected chi connectivity index (χ2v) is 3.01. The van der Waals surface area contributed by atoms with Crippen molar-refractivity contribution in [2.45, 2.75) is 19.2 Å². The van der Waals surface area contributed by atoms with Crippen molar-refractivity contribution in [3.8, 4) is 0 Å². The number of hydrogen-bond acceptors (Lipinski definition) is 3. The van der Waals surface area contributed by atoms with E-state index in [9.17, 15) is 14.3 Å². The minimum atomic E-state index is -2.03. The molecule has 0 bridgehead atoms. The molecule has 1 rings (SSSR count). The van der Waals surface area contributed by atoms with Gasteiger partial charge >= 0.3 is 5.97 Å². The Bertz CT molecular complexity index is 313. The van der Waals surface area contributed by atoms with Crippen molar-refractivity contribution in [2.24, 2.45) is 0 Å². The molecule has 0 radical (unpaired) electrons. The molecule has 0 unspecified atom stereocenters. The molecule has 1 aromatic rings. The van der Waals surface area contributed by atoms with Gasteiger partial charge in [-0.1, -0.05) is 30.3 Å². The lowest BCUT2D eigenvalue weighted by Crippen LogP contribution is -2.25. The molecule has 0 amide bonds. The molecule has 1 N–H and O–H groups in total. The molecule has 0 aliphatic carbocycles. The van der Waals surface area contributed by atoms with Crippen LogP contribution in [0.1, 0.15) is 18.6 Å². The van der Waals surface area contributed by atoms with Gasteiger partial charge in [0, 0.05) is 0 Å². The number of hydrogen-bond donors (Lipinski definition) is 1. The SMILES string of the molecule is CCOC(=O)[C@@H](F)[C@H](O)c1ccccc1. The smallest absolute Gasteiger partial charge is 0.343 e. The minimum Gasteiger partial charge on any atom is -0.464 e. The molecule has 0 heterocycles.